The van der Waals surface area contributed by atoms with E-state index in [0.717, 1.165) is 4.88 Å². The number of para-hydroxylation sites is 2. The molecule has 0 saturated heterocycles. The first kappa shape index (κ1) is 18.5. The number of nitrogens with zero attached hydrogens (tertiary/aromatic N) is 2. The van der Waals surface area contributed by atoms with Crippen LogP contribution in [0.1, 0.15) is 26.8 Å². The first-order valence-corrected chi connectivity index (χ1v) is 10.7. The maximum atomic E-state index is 13.1. The fourth-order valence-electron chi connectivity index (χ4n) is 2.45. The highest BCUT2D eigenvalue weighted by Gasteiger charge is 2.26. The minimum atomic E-state index is -3.83. The molecule has 0 aliphatic rings. The Morgan fingerprint density at radius 2 is 2.00 bits per heavy atom. The average molecular weight is 392 g/mol. The van der Waals surface area contributed by atoms with Gasteiger partial charge in [-0.3, -0.25) is 9.40 Å². The first-order chi connectivity index (χ1) is 12.4. The summed E-state index contributed by atoms with van der Waals surface area (Å²) in [5.74, 6) is 0.493. The number of sulfonamides is 1. The predicted octanol–water partition coefficient (Wildman–Crippen LogP) is 4.39. The molecule has 0 bridgehead atoms. The van der Waals surface area contributed by atoms with Crippen molar-refractivity contribution in [1.29, 1.82) is 0 Å². The zero-order chi connectivity index (χ0) is 18.7. The normalized spacial score (nSPS) is 11.7. The highest BCUT2D eigenvalue weighted by Crippen LogP contribution is 2.33. The number of rotatable bonds is 7. The Morgan fingerprint density at radius 3 is 2.65 bits per heavy atom. The number of benzene rings is 1. The van der Waals surface area contributed by atoms with Gasteiger partial charge in [-0.25, -0.2) is 8.42 Å². The highest BCUT2D eigenvalue weighted by molar-refractivity contribution is 7.92. The zero-order valence-electron chi connectivity index (χ0n) is 14.8. The largest absolute Gasteiger partial charge is 0.492 e. The number of hydrogen-bond acceptors (Lipinski definition) is 5. The summed E-state index contributed by atoms with van der Waals surface area (Å²) in [5.41, 5.74) is 0.860. The van der Waals surface area contributed by atoms with Crippen LogP contribution in [0.5, 0.6) is 5.75 Å². The minimum absolute atomic E-state index is 0.0494. The Balaban J connectivity index is 2.05. The summed E-state index contributed by atoms with van der Waals surface area (Å²) in [5, 5.41) is 6.40. The van der Waals surface area contributed by atoms with Crippen molar-refractivity contribution in [3.05, 3.63) is 48.0 Å². The number of anilines is 1. The molecule has 1 N–H and O–H groups in total. The third-order valence-electron chi connectivity index (χ3n) is 3.70. The highest BCUT2D eigenvalue weighted by atomic mass is 32.2. The van der Waals surface area contributed by atoms with Crippen molar-refractivity contribution >= 4 is 27.0 Å². The van der Waals surface area contributed by atoms with Gasteiger partial charge in [0.05, 0.1) is 17.2 Å². The van der Waals surface area contributed by atoms with Gasteiger partial charge in [0.2, 0.25) is 0 Å². The van der Waals surface area contributed by atoms with Gasteiger partial charge < -0.3 is 4.74 Å². The van der Waals surface area contributed by atoms with E-state index in [-0.39, 0.29) is 10.9 Å². The van der Waals surface area contributed by atoms with E-state index < -0.39 is 10.0 Å². The third kappa shape index (κ3) is 3.76. The molecule has 6 nitrogen and oxygen atoms in total. The number of aromatic nitrogens is 2. The SMILES string of the molecule is CCOc1ccccc1NS(=O)(=O)c1cn(C(C)C)nc1-c1cccs1. The van der Waals surface area contributed by atoms with Crippen LogP contribution in [0.3, 0.4) is 0 Å². The second-order valence-corrected chi connectivity index (χ2v) is 8.53. The fourth-order valence-corrected chi connectivity index (χ4v) is 4.46. The van der Waals surface area contributed by atoms with Crippen molar-refractivity contribution in [2.45, 2.75) is 31.7 Å². The number of thiophene rings is 1. The summed E-state index contributed by atoms with van der Waals surface area (Å²) in [6, 6.07) is 10.8. The van der Waals surface area contributed by atoms with Crippen LogP contribution in [-0.4, -0.2) is 24.8 Å². The summed E-state index contributed by atoms with van der Waals surface area (Å²) in [7, 11) is -3.83. The molecule has 0 fully saturated rings. The van der Waals surface area contributed by atoms with Gasteiger partial charge in [0.1, 0.15) is 16.3 Å². The number of ether oxygens (including phenoxy) is 1. The van der Waals surface area contributed by atoms with E-state index in [1.807, 2.05) is 38.3 Å². The van der Waals surface area contributed by atoms with Crippen molar-refractivity contribution < 1.29 is 13.2 Å². The smallest absolute Gasteiger partial charge is 0.265 e. The standard InChI is InChI=1S/C18H21N3O3S2/c1-4-24-15-9-6-5-8-14(15)20-26(22,23)17-12-21(13(2)3)19-18(17)16-10-7-11-25-16/h5-13,20H,4H2,1-3H3. The Bertz CT molecular complexity index is 977. The van der Waals surface area contributed by atoms with Gasteiger partial charge in [0, 0.05) is 12.2 Å². The first-order valence-electron chi connectivity index (χ1n) is 8.30. The van der Waals surface area contributed by atoms with Crippen LogP contribution in [-0.2, 0) is 10.0 Å². The maximum Gasteiger partial charge on any atom is 0.265 e. The van der Waals surface area contributed by atoms with Gasteiger partial charge in [-0.15, -0.1) is 11.3 Å². The van der Waals surface area contributed by atoms with Crippen LogP contribution >= 0.6 is 11.3 Å². The molecule has 0 radical (unpaired) electrons. The van der Waals surface area contributed by atoms with Gasteiger partial charge >= 0.3 is 0 Å². The van der Waals surface area contributed by atoms with Crippen LogP contribution in [0.25, 0.3) is 10.6 Å². The van der Waals surface area contributed by atoms with E-state index in [0.29, 0.717) is 23.7 Å². The van der Waals surface area contributed by atoms with Crippen LogP contribution in [0.4, 0.5) is 5.69 Å². The molecule has 26 heavy (non-hydrogen) atoms. The molecule has 0 atom stereocenters. The fraction of sp³-hybridized carbons (Fsp3) is 0.278. The quantitative estimate of drug-likeness (QED) is 0.648. The van der Waals surface area contributed by atoms with Crippen molar-refractivity contribution in [3.63, 3.8) is 0 Å². The van der Waals surface area contributed by atoms with Gasteiger partial charge in [0.15, 0.2) is 0 Å². The number of hydrogen-bond donors (Lipinski definition) is 1. The Labute approximate surface area is 157 Å². The summed E-state index contributed by atoms with van der Waals surface area (Å²) in [6.07, 6.45) is 1.57. The van der Waals surface area contributed by atoms with Gasteiger partial charge in [0.25, 0.3) is 10.0 Å². The van der Waals surface area contributed by atoms with E-state index in [1.165, 1.54) is 11.3 Å². The van der Waals surface area contributed by atoms with Gasteiger partial charge in [-0.1, -0.05) is 18.2 Å². The molecule has 0 saturated carbocycles. The molecule has 2 heterocycles. The molecular formula is C18H21N3O3S2. The molecule has 2 aromatic heterocycles. The van der Waals surface area contributed by atoms with E-state index in [1.54, 1.807) is 35.1 Å². The lowest BCUT2D eigenvalue weighted by atomic mass is 10.3. The second-order valence-electron chi connectivity index (χ2n) is 5.93. The number of nitrogens with one attached hydrogen (secondary N) is 1. The van der Waals surface area contributed by atoms with Crippen LogP contribution in [0, 0.1) is 0 Å². The second kappa shape index (κ2) is 7.51. The molecule has 3 aromatic rings. The third-order valence-corrected chi connectivity index (χ3v) is 5.95. The molecular weight excluding hydrogens is 370 g/mol. The molecule has 0 spiro atoms. The Hall–Kier alpha value is -2.32. The van der Waals surface area contributed by atoms with E-state index in [2.05, 4.69) is 9.82 Å². The maximum absolute atomic E-state index is 13.1. The molecule has 0 aliphatic carbocycles. The van der Waals surface area contributed by atoms with Gasteiger partial charge in [-0.2, -0.15) is 5.10 Å². The Morgan fingerprint density at radius 1 is 1.23 bits per heavy atom. The summed E-state index contributed by atoms with van der Waals surface area (Å²) < 4.78 is 36.0. The van der Waals surface area contributed by atoms with E-state index in [9.17, 15) is 8.42 Å². The summed E-state index contributed by atoms with van der Waals surface area (Å²) >= 11 is 1.46. The average Bonchev–Trinajstić information content (AvgIpc) is 3.26. The molecule has 0 amide bonds. The molecule has 138 valence electrons. The molecule has 0 unspecified atom stereocenters. The Kier molecular flexibility index (Phi) is 5.33. The van der Waals surface area contributed by atoms with Crippen molar-refractivity contribution in [1.82, 2.24) is 9.78 Å². The topological polar surface area (TPSA) is 73.2 Å². The molecule has 3 rings (SSSR count). The molecule has 8 heteroatoms. The van der Waals surface area contributed by atoms with E-state index >= 15 is 0 Å². The summed E-state index contributed by atoms with van der Waals surface area (Å²) in [4.78, 5) is 0.961. The van der Waals surface area contributed by atoms with Crippen LogP contribution < -0.4 is 9.46 Å². The van der Waals surface area contributed by atoms with Gasteiger partial charge in [-0.05, 0) is 44.4 Å². The lowest BCUT2D eigenvalue weighted by Gasteiger charge is -2.12. The zero-order valence-corrected chi connectivity index (χ0v) is 16.5. The van der Waals surface area contributed by atoms with Crippen molar-refractivity contribution in [3.8, 4) is 16.3 Å². The predicted molar refractivity (Wildman–Crippen MR) is 104 cm³/mol. The van der Waals surface area contributed by atoms with E-state index in [4.69, 9.17) is 4.74 Å². The van der Waals surface area contributed by atoms with Crippen molar-refractivity contribution in [2.75, 3.05) is 11.3 Å². The lowest BCUT2D eigenvalue weighted by Crippen LogP contribution is -2.14. The van der Waals surface area contributed by atoms with Crippen molar-refractivity contribution in [2.24, 2.45) is 0 Å². The van der Waals surface area contributed by atoms with Crippen LogP contribution in [0.15, 0.2) is 52.9 Å². The van der Waals surface area contributed by atoms with Crippen LogP contribution in [0.2, 0.25) is 0 Å². The lowest BCUT2D eigenvalue weighted by molar-refractivity contribution is 0.342. The summed E-state index contributed by atoms with van der Waals surface area (Å²) in [6.45, 7) is 6.22. The molecule has 0 aliphatic heterocycles. The minimum Gasteiger partial charge on any atom is -0.492 e. The molecule has 1 aromatic carbocycles. The monoisotopic (exact) mass is 391 g/mol.